The molecule has 0 heterocycles. The fourth-order valence-electron chi connectivity index (χ4n) is 0.843. The molecule has 0 spiro atoms. The number of ether oxygens (including phenoxy) is 1. The molecule has 0 bridgehead atoms. The lowest BCUT2D eigenvalue weighted by Gasteiger charge is -2.00. The van der Waals surface area contributed by atoms with E-state index in [1.165, 1.54) is 0 Å². The third-order valence-corrected chi connectivity index (χ3v) is 1.77. The van der Waals surface area contributed by atoms with Crippen LogP contribution in [0, 0.1) is 0 Å². The molecule has 0 amide bonds. The van der Waals surface area contributed by atoms with Gasteiger partial charge in [-0.25, -0.2) is 9.59 Å². The molecule has 2 N–H and O–H groups in total. The maximum absolute atomic E-state index is 11.0. The van der Waals surface area contributed by atoms with Crippen LogP contribution < -0.4 is 0 Å². The molecule has 0 saturated heterocycles. The number of ketones is 2. The number of aliphatic carboxylic acids is 2. The summed E-state index contributed by atoms with van der Waals surface area (Å²) >= 11 is 0. The number of hydrogen-bond donors (Lipinski definition) is 2. The number of carboxylic acids is 2. The summed E-state index contributed by atoms with van der Waals surface area (Å²) in [6.07, 6.45) is -2.56. The van der Waals surface area contributed by atoms with Gasteiger partial charge in [0.15, 0.2) is 0 Å². The van der Waals surface area contributed by atoms with Gasteiger partial charge >= 0.3 is 23.9 Å². The Balaban J connectivity index is 4.21. The lowest BCUT2D eigenvalue weighted by molar-refractivity contribution is -0.167. The van der Waals surface area contributed by atoms with Gasteiger partial charge in [-0.2, -0.15) is 0 Å². The highest BCUT2D eigenvalue weighted by molar-refractivity contribution is 6.42. The van der Waals surface area contributed by atoms with Crippen LogP contribution in [0.2, 0.25) is 0 Å². The largest absolute Gasteiger partial charge is 0.481 e. The van der Waals surface area contributed by atoms with E-state index in [1.54, 1.807) is 0 Å². The molecule has 9 heteroatoms. The molecule has 0 aromatic heterocycles. The zero-order chi connectivity index (χ0) is 15.0. The maximum atomic E-state index is 11.0. The Bertz CT molecular complexity index is 394. The van der Waals surface area contributed by atoms with E-state index in [2.05, 4.69) is 4.74 Å². The summed E-state index contributed by atoms with van der Waals surface area (Å²) in [5, 5.41) is 16.5. The normalized spacial score (nSPS) is 9.47. The van der Waals surface area contributed by atoms with E-state index in [4.69, 9.17) is 10.2 Å². The molecule has 0 aliphatic carbocycles. The molecule has 0 aliphatic rings. The first-order valence-corrected chi connectivity index (χ1v) is 4.99. The van der Waals surface area contributed by atoms with E-state index >= 15 is 0 Å². The highest BCUT2D eigenvalue weighted by Crippen LogP contribution is 1.98. The van der Waals surface area contributed by atoms with Crippen LogP contribution in [-0.4, -0.2) is 45.7 Å². The molecule has 9 nitrogen and oxygen atoms in total. The quantitative estimate of drug-likeness (QED) is 0.319. The number of carbonyl (C=O) groups excluding carboxylic acids is 4. The van der Waals surface area contributed by atoms with Gasteiger partial charge in [-0.3, -0.25) is 19.2 Å². The van der Waals surface area contributed by atoms with Gasteiger partial charge in [-0.05, 0) is 0 Å². The first-order chi connectivity index (χ1) is 8.73. The maximum Gasteiger partial charge on any atom is 0.382 e. The fraction of sp³-hybridized carbons (Fsp3) is 0.400. The summed E-state index contributed by atoms with van der Waals surface area (Å²) in [7, 11) is 0. The Morgan fingerprint density at radius 2 is 0.947 bits per heavy atom. The highest BCUT2D eigenvalue weighted by atomic mass is 16.6. The monoisotopic (exact) mass is 274 g/mol. The summed E-state index contributed by atoms with van der Waals surface area (Å²) in [4.78, 5) is 64.1. The van der Waals surface area contributed by atoms with Crippen molar-refractivity contribution in [3.05, 3.63) is 0 Å². The van der Waals surface area contributed by atoms with E-state index in [0.717, 1.165) is 0 Å². The Kier molecular flexibility index (Phi) is 6.65. The summed E-state index contributed by atoms with van der Waals surface area (Å²) in [5.74, 6) is -8.44. The third kappa shape index (κ3) is 7.36. The number of carboxylic acid groups (broad SMARTS) is 2. The van der Waals surface area contributed by atoms with Gasteiger partial charge in [-0.15, -0.1) is 0 Å². The smallest absolute Gasteiger partial charge is 0.382 e. The summed E-state index contributed by atoms with van der Waals surface area (Å²) in [6.45, 7) is 0. The Labute approximate surface area is 106 Å². The molecule has 19 heavy (non-hydrogen) atoms. The summed E-state index contributed by atoms with van der Waals surface area (Å²) < 4.78 is 3.88. The molecule has 0 unspecified atom stereocenters. The minimum atomic E-state index is -1.64. The number of rotatable bonds is 8. The average Bonchev–Trinajstić information content (AvgIpc) is 2.32. The zero-order valence-electron chi connectivity index (χ0n) is 9.58. The van der Waals surface area contributed by atoms with Gasteiger partial charge in [0.05, 0.1) is 12.8 Å². The molecule has 0 saturated carbocycles. The fourth-order valence-corrected chi connectivity index (χ4v) is 0.843. The van der Waals surface area contributed by atoms with E-state index in [1.807, 2.05) is 0 Å². The molecule has 0 aromatic carbocycles. The number of hydrogen-bond acceptors (Lipinski definition) is 7. The molecule has 0 atom stereocenters. The van der Waals surface area contributed by atoms with E-state index < -0.39 is 61.1 Å². The van der Waals surface area contributed by atoms with Crippen LogP contribution in [-0.2, 0) is 33.5 Å². The van der Waals surface area contributed by atoms with Crippen molar-refractivity contribution in [2.75, 3.05) is 0 Å². The molecular weight excluding hydrogens is 264 g/mol. The van der Waals surface area contributed by atoms with Crippen LogP contribution in [0.15, 0.2) is 0 Å². The minimum absolute atomic E-state index is 0.616. The van der Waals surface area contributed by atoms with Crippen molar-refractivity contribution < 1.29 is 43.7 Å². The van der Waals surface area contributed by atoms with Gasteiger partial charge in [0, 0.05) is 12.8 Å². The molecule has 0 fully saturated rings. The van der Waals surface area contributed by atoms with Crippen molar-refractivity contribution in [2.45, 2.75) is 25.7 Å². The van der Waals surface area contributed by atoms with E-state index in [9.17, 15) is 28.8 Å². The minimum Gasteiger partial charge on any atom is -0.481 e. The van der Waals surface area contributed by atoms with E-state index in [-0.39, 0.29) is 0 Å². The van der Waals surface area contributed by atoms with Crippen molar-refractivity contribution in [2.24, 2.45) is 0 Å². The summed E-state index contributed by atoms with van der Waals surface area (Å²) in [5.41, 5.74) is 0. The van der Waals surface area contributed by atoms with Crippen LogP contribution >= 0.6 is 0 Å². The lowest BCUT2D eigenvalue weighted by Crippen LogP contribution is -2.26. The predicted octanol–water partition coefficient (Wildman–Crippen LogP) is -1.08. The molecule has 0 aliphatic heterocycles. The Hall–Kier alpha value is -2.58. The predicted molar refractivity (Wildman–Crippen MR) is 54.9 cm³/mol. The van der Waals surface area contributed by atoms with Gasteiger partial charge in [0.2, 0.25) is 11.6 Å². The number of esters is 2. The van der Waals surface area contributed by atoms with Crippen LogP contribution in [0.1, 0.15) is 25.7 Å². The van der Waals surface area contributed by atoms with Crippen LogP contribution in [0.3, 0.4) is 0 Å². The van der Waals surface area contributed by atoms with Gasteiger partial charge < -0.3 is 14.9 Å². The van der Waals surface area contributed by atoms with Gasteiger partial charge in [0.1, 0.15) is 0 Å². The highest BCUT2D eigenvalue weighted by Gasteiger charge is 2.24. The standard InChI is InChI=1S/C10H10O9/c11-5(1-3-7(13)14)9(17)19-10(18)6(12)2-4-8(15)16/h1-4H2,(H,13,14)(H,15,16). The topological polar surface area (TPSA) is 152 Å². The van der Waals surface area contributed by atoms with Crippen LogP contribution in [0.25, 0.3) is 0 Å². The second kappa shape index (κ2) is 7.69. The number of Topliss-reactive ketones (excluding diaryl/α,β-unsaturated/α-hetero) is 2. The Morgan fingerprint density at radius 3 is 1.21 bits per heavy atom. The zero-order valence-corrected chi connectivity index (χ0v) is 9.58. The van der Waals surface area contributed by atoms with Crippen molar-refractivity contribution >= 4 is 35.4 Å². The van der Waals surface area contributed by atoms with Crippen molar-refractivity contribution in [3.63, 3.8) is 0 Å². The lowest BCUT2D eigenvalue weighted by atomic mass is 10.2. The first kappa shape index (κ1) is 16.4. The van der Waals surface area contributed by atoms with Gasteiger partial charge in [-0.1, -0.05) is 0 Å². The average molecular weight is 274 g/mol. The molecule has 0 aromatic rings. The van der Waals surface area contributed by atoms with Crippen molar-refractivity contribution in [1.29, 1.82) is 0 Å². The van der Waals surface area contributed by atoms with Gasteiger partial charge in [0.25, 0.3) is 0 Å². The van der Waals surface area contributed by atoms with Crippen molar-refractivity contribution in [3.8, 4) is 0 Å². The Morgan fingerprint density at radius 1 is 0.632 bits per heavy atom. The molecule has 0 radical (unpaired) electrons. The summed E-state index contributed by atoms with van der Waals surface area (Å²) in [6, 6.07) is 0. The van der Waals surface area contributed by atoms with Crippen LogP contribution in [0.5, 0.6) is 0 Å². The second-order valence-electron chi connectivity index (χ2n) is 3.31. The van der Waals surface area contributed by atoms with E-state index in [0.29, 0.717) is 0 Å². The first-order valence-electron chi connectivity index (χ1n) is 4.99. The SMILES string of the molecule is O=C(O)CCC(=O)C(=O)OC(=O)C(=O)CCC(=O)O. The number of carbonyl (C=O) groups is 6. The molecular formula is C10H10O9. The van der Waals surface area contributed by atoms with Crippen molar-refractivity contribution in [1.82, 2.24) is 0 Å². The molecule has 104 valence electrons. The third-order valence-electron chi connectivity index (χ3n) is 1.77. The van der Waals surface area contributed by atoms with Crippen LogP contribution in [0.4, 0.5) is 0 Å². The second-order valence-corrected chi connectivity index (χ2v) is 3.31. The molecule has 0 rings (SSSR count).